The van der Waals surface area contributed by atoms with Crippen LogP contribution < -0.4 is 5.32 Å². The third-order valence-electron chi connectivity index (χ3n) is 2.49. The minimum Gasteiger partial charge on any atom is -0.354 e. The molecule has 2 rings (SSSR count). The average Bonchev–Trinajstić information content (AvgIpc) is 2.71. The molecule has 8 heteroatoms. The number of halogens is 1. The highest BCUT2D eigenvalue weighted by atomic mass is 35.5. The summed E-state index contributed by atoms with van der Waals surface area (Å²) in [5.41, 5.74) is 0. The van der Waals surface area contributed by atoms with Crippen molar-refractivity contribution in [1.29, 1.82) is 0 Å². The highest BCUT2D eigenvalue weighted by molar-refractivity contribution is 7.99. The number of aryl methyl sites for hydroxylation is 1. The van der Waals surface area contributed by atoms with Crippen LogP contribution in [0.3, 0.4) is 0 Å². The Morgan fingerprint density at radius 1 is 1.42 bits per heavy atom. The first kappa shape index (κ1) is 14.1. The van der Waals surface area contributed by atoms with Crippen molar-refractivity contribution in [2.75, 3.05) is 11.9 Å². The zero-order valence-corrected chi connectivity index (χ0v) is 12.6. The maximum atomic E-state index is 6.11. The number of rotatable bonds is 5. The Bertz CT molecular complexity index is 570. The van der Waals surface area contributed by atoms with Gasteiger partial charge in [0.1, 0.15) is 10.9 Å². The maximum Gasteiger partial charge on any atom is 0.223 e. The van der Waals surface area contributed by atoms with Gasteiger partial charge in [0, 0.05) is 13.6 Å². The SMILES string of the molecule is CCCNc1ncc(Cl)c(Sc2nnc(C)n2C)n1. The fourth-order valence-electron chi connectivity index (χ4n) is 1.31. The monoisotopic (exact) mass is 298 g/mol. The van der Waals surface area contributed by atoms with E-state index in [9.17, 15) is 0 Å². The molecular formula is C11H15ClN6S. The number of hydrogen-bond donors (Lipinski definition) is 1. The van der Waals surface area contributed by atoms with Crippen LogP contribution in [-0.4, -0.2) is 31.3 Å². The lowest BCUT2D eigenvalue weighted by Gasteiger charge is -2.06. The Morgan fingerprint density at radius 3 is 2.84 bits per heavy atom. The Labute approximate surface area is 121 Å². The van der Waals surface area contributed by atoms with E-state index in [-0.39, 0.29) is 0 Å². The molecule has 0 aliphatic rings. The first-order chi connectivity index (χ1) is 9.11. The second-order valence-corrected chi connectivity index (χ2v) is 5.33. The Morgan fingerprint density at radius 2 is 2.21 bits per heavy atom. The van der Waals surface area contributed by atoms with E-state index in [4.69, 9.17) is 11.6 Å². The molecule has 0 atom stereocenters. The fourth-order valence-corrected chi connectivity index (χ4v) is 2.32. The minimum atomic E-state index is 0.507. The maximum absolute atomic E-state index is 6.11. The number of hydrogen-bond acceptors (Lipinski definition) is 6. The molecule has 0 aliphatic heterocycles. The smallest absolute Gasteiger partial charge is 0.223 e. The predicted molar refractivity (Wildman–Crippen MR) is 75.7 cm³/mol. The van der Waals surface area contributed by atoms with Crippen LogP contribution in [0.1, 0.15) is 19.2 Å². The summed E-state index contributed by atoms with van der Waals surface area (Å²) in [6, 6.07) is 0. The van der Waals surface area contributed by atoms with Gasteiger partial charge in [-0.3, -0.25) is 0 Å². The summed E-state index contributed by atoms with van der Waals surface area (Å²) in [4.78, 5) is 8.52. The van der Waals surface area contributed by atoms with E-state index in [2.05, 4.69) is 32.4 Å². The normalized spacial score (nSPS) is 10.7. The van der Waals surface area contributed by atoms with Crippen LogP contribution in [0.15, 0.2) is 16.4 Å². The lowest BCUT2D eigenvalue weighted by atomic mass is 10.5. The summed E-state index contributed by atoms with van der Waals surface area (Å²) >= 11 is 7.48. The van der Waals surface area contributed by atoms with Crippen molar-refractivity contribution in [1.82, 2.24) is 24.7 Å². The highest BCUT2D eigenvalue weighted by Gasteiger charge is 2.12. The first-order valence-electron chi connectivity index (χ1n) is 5.92. The molecule has 0 unspecified atom stereocenters. The van der Waals surface area contributed by atoms with Crippen LogP contribution in [-0.2, 0) is 7.05 Å². The molecule has 2 aromatic heterocycles. The van der Waals surface area contributed by atoms with Gasteiger partial charge in [-0.05, 0) is 25.1 Å². The molecule has 102 valence electrons. The quantitative estimate of drug-likeness (QED) is 0.856. The van der Waals surface area contributed by atoms with Crippen molar-refractivity contribution in [3.05, 3.63) is 17.0 Å². The van der Waals surface area contributed by atoms with Crippen molar-refractivity contribution in [3.63, 3.8) is 0 Å². The molecule has 0 saturated heterocycles. The minimum absolute atomic E-state index is 0.507. The molecule has 2 aromatic rings. The van der Waals surface area contributed by atoms with Crippen molar-refractivity contribution in [3.8, 4) is 0 Å². The van der Waals surface area contributed by atoms with Crippen molar-refractivity contribution < 1.29 is 0 Å². The fraction of sp³-hybridized carbons (Fsp3) is 0.455. The van der Waals surface area contributed by atoms with E-state index >= 15 is 0 Å². The molecule has 2 heterocycles. The largest absolute Gasteiger partial charge is 0.354 e. The van der Waals surface area contributed by atoms with Crippen molar-refractivity contribution in [2.24, 2.45) is 7.05 Å². The van der Waals surface area contributed by atoms with Crippen LogP contribution in [0.4, 0.5) is 5.95 Å². The van der Waals surface area contributed by atoms with Gasteiger partial charge in [-0.1, -0.05) is 18.5 Å². The van der Waals surface area contributed by atoms with E-state index in [0.29, 0.717) is 16.0 Å². The number of aromatic nitrogens is 5. The van der Waals surface area contributed by atoms with Gasteiger partial charge in [0.05, 0.1) is 11.2 Å². The molecule has 6 nitrogen and oxygen atoms in total. The molecule has 0 bridgehead atoms. The molecule has 0 amide bonds. The van der Waals surface area contributed by atoms with Crippen LogP contribution >= 0.6 is 23.4 Å². The summed E-state index contributed by atoms with van der Waals surface area (Å²) < 4.78 is 1.89. The Kier molecular flexibility index (Phi) is 4.60. The summed E-state index contributed by atoms with van der Waals surface area (Å²) in [5.74, 6) is 1.42. The third-order valence-corrected chi connectivity index (χ3v) is 3.92. The second kappa shape index (κ2) is 6.21. The van der Waals surface area contributed by atoms with E-state index in [0.717, 1.165) is 23.9 Å². The van der Waals surface area contributed by atoms with Crippen LogP contribution in [0.25, 0.3) is 0 Å². The summed E-state index contributed by atoms with van der Waals surface area (Å²) in [6.07, 6.45) is 2.61. The lowest BCUT2D eigenvalue weighted by molar-refractivity contribution is 0.764. The molecule has 0 fully saturated rings. The van der Waals surface area contributed by atoms with E-state index in [1.54, 1.807) is 6.20 Å². The van der Waals surface area contributed by atoms with Gasteiger partial charge in [0.2, 0.25) is 5.95 Å². The summed E-state index contributed by atoms with van der Waals surface area (Å²) in [7, 11) is 1.91. The van der Waals surface area contributed by atoms with Gasteiger partial charge in [-0.2, -0.15) is 0 Å². The van der Waals surface area contributed by atoms with Crippen molar-refractivity contribution in [2.45, 2.75) is 30.5 Å². The lowest BCUT2D eigenvalue weighted by Crippen LogP contribution is -2.04. The molecule has 0 saturated carbocycles. The molecule has 19 heavy (non-hydrogen) atoms. The molecular weight excluding hydrogens is 284 g/mol. The Hall–Kier alpha value is -1.34. The number of nitrogens with zero attached hydrogens (tertiary/aromatic N) is 5. The van der Waals surface area contributed by atoms with E-state index in [1.807, 2.05) is 18.5 Å². The summed E-state index contributed by atoms with van der Waals surface area (Å²) in [5, 5.41) is 13.1. The van der Waals surface area contributed by atoms with Gasteiger partial charge in [0.15, 0.2) is 5.16 Å². The van der Waals surface area contributed by atoms with Crippen molar-refractivity contribution >= 4 is 29.3 Å². The molecule has 0 spiro atoms. The van der Waals surface area contributed by atoms with E-state index in [1.165, 1.54) is 11.8 Å². The van der Waals surface area contributed by atoms with Gasteiger partial charge in [-0.15, -0.1) is 10.2 Å². The number of anilines is 1. The molecule has 0 aromatic carbocycles. The standard InChI is InChI=1S/C11H15ClN6S/c1-4-5-13-10-14-6-8(12)9(15-10)19-11-17-16-7(2)18(11)3/h6H,4-5H2,1-3H3,(H,13,14,15). The molecule has 0 radical (unpaired) electrons. The zero-order valence-electron chi connectivity index (χ0n) is 11.0. The summed E-state index contributed by atoms with van der Waals surface area (Å²) in [6.45, 7) is 4.81. The van der Waals surface area contributed by atoms with Gasteiger partial charge in [0.25, 0.3) is 0 Å². The third kappa shape index (κ3) is 3.36. The number of nitrogens with one attached hydrogen (secondary N) is 1. The topological polar surface area (TPSA) is 68.5 Å². The van der Waals surface area contributed by atoms with Gasteiger partial charge >= 0.3 is 0 Å². The Balaban J connectivity index is 2.21. The van der Waals surface area contributed by atoms with Crippen LogP contribution in [0.2, 0.25) is 5.02 Å². The zero-order chi connectivity index (χ0) is 13.8. The second-order valence-electron chi connectivity index (χ2n) is 3.96. The van der Waals surface area contributed by atoms with Crippen LogP contribution in [0.5, 0.6) is 0 Å². The van der Waals surface area contributed by atoms with Gasteiger partial charge in [-0.25, -0.2) is 9.97 Å². The average molecular weight is 299 g/mol. The highest BCUT2D eigenvalue weighted by Crippen LogP contribution is 2.30. The molecule has 1 N–H and O–H groups in total. The molecule has 0 aliphatic carbocycles. The first-order valence-corrected chi connectivity index (χ1v) is 7.11. The van der Waals surface area contributed by atoms with Gasteiger partial charge < -0.3 is 9.88 Å². The predicted octanol–water partition coefficient (Wildman–Crippen LogP) is 2.54. The van der Waals surface area contributed by atoms with E-state index < -0.39 is 0 Å². The van der Waals surface area contributed by atoms with Crippen LogP contribution in [0, 0.1) is 6.92 Å².